The summed E-state index contributed by atoms with van der Waals surface area (Å²) in [4.78, 5) is 30.9. The molecule has 0 radical (unpaired) electrons. The number of hydrogen-bond donors (Lipinski definition) is 3. The van der Waals surface area contributed by atoms with Crippen molar-refractivity contribution in [2.45, 2.75) is 12.5 Å². The van der Waals surface area contributed by atoms with Gasteiger partial charge in [0.1, 0.15) is 6.04 Å². The Labute approximate surface area is 84.5 Å². The molecule has 0 aromatic heterocycles. The fourth-order valence-corrected chi connectivity index (χ4v) is 1.45. The van der Waals surface area contributed by atoms with Crippen molar-refractivity contribution in [2.75, 3.05) is 11.5 Å². The van der Waals surface area contributed by atoms with E-state index < -0.39 is 23.8 Å². The first kappa shape index (κ1) is 12.9. The summed E-state index contributed by atoms with van der Waals surface area (Å²) in [5, 5.41) is 16.6. The molecule has 0 saturated heterocycles. The van der Waals surface area contributed by atoms with Gasteiger partial charge in [-0.1, -0.05) is 0 Å². The molecular weight excluding hydrogens is 210 g/mol. The second-order valence-corrected chi connectivity index (χ2v) is 3.65. The van der Waals surface area contributed by atoms with Crippen molar-refractivity contribution in [1.29, 1.82) is 0 Å². The van der Waals surface area contributed by atoms with Crippen LogP contribution in [-0.4, -0.2) is 45.5 Å². The average Bonchev–Trinajstić information content (AvgIpc) is 2.11. The maximum atomic E-state index is 10.6. The molecule has 0 saturated carbocycles. The fourth-order valence-electron chi connectivity index (χ4n) is 0.553. The number of carboxylic acids is 2. The van der Waals surface area contributed by atoms with Gasteiger partial charge in [0.05, 0.1) is 0 Å². The molecular formula is C7H11NO5S. The summed E-state index contributed by atoms with van der Waals surface area (Å²) < 4.78 is 0. The second kappa shape index (κ2) is 6.39. The molecule has 14 heavy (non-hydrogen) atoms. The van der Waals surface area contributed by atoms with E-state index in [9.17, 15) is 14.4 Å². The Bertz CT molecular complexity index is 242. The number of hydrogen-bond acceptors (Lipinski definition) is 5. The van der Waals surface area contributed by atoms with Crippen LogP contribution in [0.25, 0.3) is 0 Å². The van der Waals surface area contributed by atoms with Gasteiger partial charge in [0.15, 0.2) is 0 Å². The third-order valence-corrected chi connectivity index (χ3v) is 2.41. The number of nitrogens with two attached hydrogens (primary N) is 1. The fraction of sp³-hybridized carbons (Fsp3) is 0.571. The molecule has 0 aromatic carbocycles. The molecule has 4 N–H and O–H groups in total. The molecule has 0 aromatic rings. The van der Waals surface area contributed by atoms with Crippen molar-refractivity contribution in [3.05, 3.63) is 0 Å². The van der Waals surface area contributed by atoms with Gasteiger partial charge in [-0.2, -0.15) is 11.8 Å². The number of ketones is 1. The highest BCUT2D eigenvalue weighted by molar-refractivity contribution is 7.99. The minimum atomic E-state index is -1.46. The highest BCUT2D eigenvalue weighted by atomic mass is 32.2. The van der Waals surface area contributed by atoms with E-state index in [1.165, 1.54) is 0 Å². The molecule has 0 aliphatic rings. The van der Waals surface area contributed by atoms with Crippen molar-refractivity contribution in [1.82, 2.24) is 0 Å². The number of carbonyl (C=O) groups excluding carboxylic acids is 1. The molecule has 0 unspecified atom stereocenters. The van der Waals surface area contributed by atoms with E-state index in [2.05, 4.69) is 0 Å². The van der Waals surface area contributed by atoms with Crippen LogP contribution in [0.2, 0.25) is 0 Å². The summed E-state index contributed by atoms with van der Waals surface area (Å²) in [5.74, 6) is -3.01. The third-order valence-electron chi connectivity index (χ3n) is 1.33. The second-order valence-electron chi connectivity index (χ2n) is 2.50. The van der Waals surface area contributed by atoms with Crippen LogP contribution in [0.5, 0.6) is 0 Å². The van der Waals surface area contributed by atoms with Crippen LogP contribution in [0.4, 0.5) is 0 Å². The number of Topliss-reactive ketones (excluding diaryl/α,β-unsaturated/α-hetero) is 1. The SMILES string of the molecule is N[C@@H](CSCCC(=O)C(=O)O)C(=O)O. The largest absolute Gasteiger partial charge is 0.480 e. The summed E-state index contributed by atoms with van der Waals surface area (Å²) in [5.41, 5.74) is 5.17. The zero-order valence-electron chi connectivity index (χ0n) is 7.30. The van der Waals surface area contributed by atoms with Crippen LogP contribution >= 0.6 is 11.8 Å². The Morgan fingerprint density at radius 3 is 2.29 bits per heavy atom. The molecule has 7 heteroatoms. The van der Waals surface area contributed by atoms with Gasteiger partial charge in [-0.05, 0) is 0 Å². The first-order valence-electron chi connectivity index (χ1n) is 3.77. The van der Waals surface area contributed by atoms with Gasteiger partial charge in [0.2, 0.25) is 5.78 Å². The number of carboxylic acid groups (broad SMARTS) is 2. The van der Waals surface area contributed by atoms with Gasteiger partial charge >= 0.3 is 11.9 Å². The van der Waals surface area contributed by atoms with Gasteiger partial charge in [-0.25, -0.2) is 4.79 Å². The molecule has 80 valence electrons. The monoisotopic (exact) mass is 221 g/mol. The van der Waals surface area contributed by atoms with Crippen molar-refractivity contribution < 1.29 is 24.6 Å². The Balaban J connectivity index is 3.52. The maximum Gasteiger partial charge on any atom is 0.372 e. The smallest absolute Gasteiger partial charge is 0.372 e. The van der Waals surface area contributed by atoms with Crippen LogP contribution in [-0.2, 0) is 14.4 Å². The van der Waals surface area contributed by atoms with E-state index >= 15 is 0 Å². The molecule has 0 rings (SSSR count). The molecule has 0 fully saturated rings. The van der Waals surface area contributed by atoms with E-state index in [1.807, 2.05) is 0 Å². The Hall–Kier alpha value is -1.08. The van der Waals surface area contributed by atoms with Gasteiger partial charge in [0, 0.05) is 17.9 Å². The van der Waals surface area contributed by atoms with E-state index in [0.29, 0.717) is 0 Å². The Kier molecular flexibility index (Phi) is 5.89. The summed E-state index contributed by atoms with van der Waals surface area (Å²) in [6.45, 7) is 0. The zero-order chi connectivity index (χ0) is 11.1. The van der Waals surface area contributed by atoms with E-state index in [0.717, 1.165) is 11.8 Å². The predicted octanol–water partition coefficient (Wildman–Crippen LogP) is -0.825. The summed E-state index contributed by atoms with van der Waals surface area (Å²) in [7, 11) is 0. The van der Waals surface area contributed by atoms with E-state index in [4.69, 9.17) is 15.9 Å². The average molecular weight is 221 g/mol. The number of carbonyl (C=O) groups is 3. The number of thioether (sulfide) groups is 1. The predicted molar refractivity (Wildman–Crippen MR) is 50.2 cm³/mol. The first-order valence-corrected chi connectivity index (χ1v) is 4.93. The van der Waals surface area contributed by atoms with Crippen molar-refractivity contribution in [3.8, 4) is 0 Å². The summed E-state index contributed by atoms with van der Waals surface area (Å²) >= 11 is 1.15. The number of rotatable bonds is 7. The zero-order valence-corrected chi connectivity index (χ0v) is 8.12. The van der Waals surface area contributed by atoms with Crippen LogP contribution in [0.15, 0.2) is 0 Å². The third kappa shape index (κ3) is 5.55. The van der Waals surface area contributed by atoms with Crippen LogP contribution in [0, 0.1) is 0 Å². The van der Waals surface area contributed by atoms with Gasteiger partial charge in [-0.3, -0.25) is 9.59 Å². The first-order chi connectivity index (χ1) is 6.45. The molecule has 0 amide bonds. The van der Waals surface area contributed by atoms with Crippen molar-refractivity contribution in [3.63, 3.8) is 0 Å². The highest BCUT2D eigenvalue weighted by Crippen LogP contribution is 2.04. The van der Waals surface area contributed by atoms with Crippen molar-refractivity contribution >= 4 is 29.5 Å². The van der Waals surface area contributed by atoms with Gasteiger partial charge in [-0.15, -0.1) is 0 Å². The lowest BCUT2D eigenvalue weighted by Gasteiger charge is -2.04. The molecule has 6 nitrogen and oxygen atoms in total. The minimum Gasteiger partial charge on any atom is -0.480 e. The van der Waals surface area contributed by atoms with Gasteiger partial charge in [0.25, 0.3) is 0 Å². The quantitative estimate of drug-likeness (QED) is 0.379. The molecule has 0 aliphatic heterocycles. The highest BCUT2D eigenvalue weighted by Gasteiger charge is 2.13. The molecule has 0 spiro atoms. The van der Waals surface area contributed by atoms with E-state index in [1.54, 1.807) is 0 Å². The molecule has 0 aliphatic carbocycles. The van der Waals surface area contributed by atoms with Crippen molar-refractivity contribution in [2.24, 2.45) is 5.73 Å². The lowest BCUT2D eigenvalue weighted by atomic mass is 10.3. The molecule has 1 atom stereocenters. The maximum absolute atomic E-state index is 10.6. The van der Waals surface area contributed by atoms with Crippen LogP contribution < -0.4 is 5.73 Å². The summed E-state index contributed by atoms with van der Waals surface area (Å²) in [6, 6.07) is -0.972. The van der Waals surface area contributed by atoms with Crippen LogP contribution in [0.3, 0.4) is 0 Å². The minimum absolute atomic E-state index is 0.105. The Morgan fingerprint density at radius 2 is 1.86 bits per heavy atom. The molecule has 0 bridgehead atoms. The summed E-state index contributed by atoms with van der Waals surface area (Å²) in [6.07, 6.45) is -0.105. The lowest BCUT2D eigenvalue weighted by Crippen LogP contribution is -2.32. The number of aliphatic carboxylic acids is 2. The normalized spacial score (nSPS) is 12.1. The van der Waals surface area contributed by atoms with Gasteiger partial charge < -0.3 is 15.9 Å². The standard InChI is InChI=1S/C7H11NO5S/c8-4(6(10)11)3-14-2-1-5(9)7(12)13/h4H,1-3,8H2,(H,10,11)(H,12,13)/t4-/m0/s1. The van der Waals surface area contributed by atoms with E-state index in [-0.39, 0.29) is 17.9 Å². The Morgan fingerprint density at radius 1 is 1.29 bits per heavy atom. The lowest BCUT2D eigenvalue weighted by molar-refractivity contribution is -0.148. The van der Waals surface area contributed by atoms with Crippen LogP contribution in [0.1, 0.15) is 6.42 Å². The topological polar surface area (TPSA) is 118 Å². The molecule has 0 heterocycles.